The normalized spacial score (nSPS) is 10.9. The number of thiophene rings is 1. The highest BCUT2D eigenvalue weighted by atomic mass is 32.1. The Morgan fingerprint density at radius 3 is 2.21 bits per heavy atom. The van der Waals surface area contributed by atoms with Gasteiger partial charge in [0.15, 0.2) is 0 Å². The number of aromatic nitrogens is 2. The zero-order chi connectivity index (χ0) is 19.6. The van der Waals surface area contributed by atoms with Crippen molar-refractivity contribution in [3.8, 4) is 33.8 Å². The third-order valence-electron chi connectivity index (χ3n) is 4.76. The topological polar surface area (TPSA) is 61.0 Å². The first-order valence-corrected chi connectivity index (χ1v) is 10.1. The second-order valence-electron chi connectivity index (χ2n) is 6.59. The molecule has 0 aliphatic rings. The molecule has 0 spiro atoms. The van der Waals surface area contributed by atoms with E-state index < -0.39 is 0 Å². The van der Waals surface area contributed by atoms with E-state index in [2.05, 4.69) is 27.5 Å². The zero-order valence-electron chi connectivity index (χ0n) is 15.4. The molecule has 2 aromatic carbocycles. The second-order valence-corrected chi connectivity index (χ2v) is 7.47. The van der Waals surface area contributed by atoms with E-state index in [0.29, 0.717) is 5.82 Å². The van der Waals surface area contributed by atoms with Gasteiger partial charge in [0.1, 0.15) is 17.3 Å². The van der Waals surface area contributed by atoms with Crippen LogP contribution in [0.15, 0.2) is 90.7 Å². The lowest BCUT2D eigenvalue weighted by molar-refractivity contribution is 0.483. The van der Waals surface area contributed by atoms with Crippen molar-refractivity contribution in [2.75, 3.05) is 5.73 Å². The highest BCUT2D eigenvalue weighted by Gasteiger charge is 2.15. The maximum absolute atomic E-state index is 6.28. The molecule has 5 heteroatoms. The number of hydrogen-bond donors (Lipinski definition) is 1. The third kappa shape index (κ3) is 3.32. The molecular formula is C24H17N3OS. The monoisotopic (exact) mass is 395 g/mol. The van der Waals surface area contributed by atoms with Crippen molar-refractivity contribution in [1.82, 2.24) is 9.97 Å². The summed E-state index contributed by atoms with van der Waals surface area (Å²) in [5.41, 5.74) is 10.6. The van der Waals surface area contributed by atoms with Gasteiger partial charge in [-0.15, -0.1) is 11.3 Å². The summed E-state index contributed by atoms with van der Waals surface area (Å²) in [6.07, 6.45) is 5.42. The Bertz CT molecular complexity index is 1270. The summed E-state index contributed by atoms with van der Waals surface area (Å²) in [4.78, 5) is 8.56. The molecule has 0 fully saturated rings. The van der Waals surface area contributed by atoms with Gasteiger partial charge in [-0.2, -0.15) is 0 Å². The Morgan fingerprint density at radius 2 is 1.45 bits per heavy atom. The lowest BCUT2D eigenvalue weighted by atomic mass is 10.0. The van der Waals surface area contributed by atoms with Crippen LogP contribution >= 0.6 is 11.3 Å². The van der Waals surface area contributed by atoms with Crippen LogP contribution in [0.2, 0.25) is 0 Å². The van der Waals surface area contributed by atoms with E-state index in [1.54, 1.807) is 23.7 Å². The highest BCUT2D eigenvalue weighted by molar-refractivity contribution is 7.18. The number of nitrogens with two attached hydrogens (primary N) is 1. The summed E-state index contributed by atoms with van der Waals surface area (Å²) < 4.78 is 7.03. The molecule has 29 heavy (non-hydrogen) atoms. The van der Waals surface area contributed by atoms with Gasteiger partial charge >= 0.3 is 0 Å². The van der Waals surface area contributed by atoms with E-state index in [0.717, 1.165) is 43.8 Å². The lowest BCUT2D eigenvalue weighted by Gasteiger charge is -2.08. The van der Waals surface area contributed by atoms with Crippen LogP contribution in [0.3, 0.4) is 0 Å². The van der Waals surface area contributed by atoms with Crippen molar-refractivity contribution >= 4 is 27.2 Å². The molecule has 2 N–H and O–H groups in total. The summed E-state index contributed by atoms with van der Waals surface area (Å²) in [5, 5.41) is 3.13. The molecule has 0 aliphatic carbocycles. The molecule has 5 rings (SSSR count). The highest BCUT2D eigenvalue weighted by Crippen LogP contribution is 2.41. The first kappa shape index (κ1) is 17.4. The van der Waals surface area contributed by atoms with Crippen molar-refractivity contribution in [3.63, 3.8) is 0 Å². The molecule has 0 amide bonds. The third-order valence-corrected chi connectivity index (χ3v) is 5.77. The van der Waals surface area contributed by atoms with Crippen LogP contribution in [0.5, 0.6) is 11.5 Å². The average Bonchev–Trinajstić information content (AvgIpc) is 3.22. The number of pyridine rings is 2. The standard InChI is InChI=1S/C24H17N3OS/c25-24-22-21(15-29-23(22)20(14-27-24)17-10-12-26-13-11-17)16-6-8-19(9-7-16)28-18-4-2-1-3-5-18/h1-15H,(H2,25,27). The minimum Gasteiger partial charge on any atom is -0.457 e. The summed E-state index contributed by atoms with van der Waals surface area (Å²) in [6.45, 7) is 0. The lowest BCUT2D eigenvalue weighted by Crippen LogP contribution is -1.92. The Kier molecular flexibility index (Phi) is 4.42. The molecule has 140 valence electrons. The maximum Gasteiger partial charge on any atom is 0.132 e. The van der Waals surface area contributed by atoms with E-state index in [9.17, 15) is 0 Å². The van der Waals surface area contributed by atoms with Gasteiger partial charge in [-0.05, 0) is 52.9 Å². The molecule has 0 saturated carbocycles. The van der Waals surface area contributed by atoms with Gasteiger partial charge in [0.05, 0.1) is 0 Å². The van der Waals surface area contributed by atoms with Crippen LogP contribution < -0.4 is 10.5 Å². The largest absolute Gasteiger partial charge is 0.457 e. The van der Waals surface area contributed by atoms with E-state index >= 15 is 0 Å². The second kappa shape index (κ2) is 7.37. The summed E-state index contributed by atoms with van der Waals surface area (Å²) in [6, 6.07) is 21.8. The van der Waals surface area contributed by atoms with Crippen molar-refractivity contribution in [3.05, 3.63) is 90.7 Å². The smallest absolute Gasteiger partial charge is 0.132 e. The van der Waals surface area contributed by atoms with Crippen LogP contribution in [-0.4, -0.2) is 9.97 Å². The van der Waals surface area contributed by atoms with Crippen LogP contribution in [-0.2, 0) is 0 Å². The Hall–Kier alpha value is -3.70. The molecule has 0 bridgehead atoms. The summed E-state index contributed by atoms with van der Waals surface area (Å²) >= 11 is 1.68. The number of hydrogen-bond acceptors (Lipinski definition) is 5. The van der Waals surface area contributed by atoms with Crippen molar-refractivity contribution < 1.29 is 4.74 Å². The predicted molar refractivity (Wildman–Crippen MR) is 119 cm³/mol. The van der Waals surface area contributed by atoms with Gasteiger partial charge in [-0.25, -0.2) is 4.98 Å². The van der Waals surface area contributed by atoms with E-state index in [1.165, 1.54) is 0 Å². The fraction of sp³-hybridized carbons (Fsp3) is 0. The Morgan fingerprint density at radius 1 is 0.759 bits per heavy atom. The molecular weight excluding hydrogens is 378 g/mol. The van der Waals surface area contributed by atoms with Gasteiger partial charge in [0.2, 0.25) is 0 Å². The molecule has 0 atom stereocenters. The van der Waals surface area contributed by atoms with Crippen LogP contribution in [0.25, 0.3) is 32.3 Å². The number of fused-ring (bicyclic) bond motifs is 1. The molecule has 0 aliphatic heterocycles. The number of para-hydroxylation sites is 1. The molecule has 3 heterocycles. The van der Waals surface area contributed by atoms with Crippen molar-refractivity contribution in [2.24, 2.45) is 0 Å². The fourth-order valence-corrected chi connectivity index (χ4v) is 4.46. The van der Waals surface area contributed by atoms with Crippen molar-refractivity contribution in [2.45, 2.75) is 0 Å². The van der Waals surface area contributed by atoms with Gasteiger partial charge in [-0.1, -0.05) is 30.3 Å². The molecule has 0 radical (unpaired) electrons. The quantitative estimate of drug-likeness (QED) is 0.382. The van der Waals surface area contributed by atoms with E-state index in [1.807, 2.05) is 60.8 Å². The number of nitrogens with zero attached hydrogens (tertiary/aromatic N) is 2. The minimum absolute atomic E-state index is 0.540. The molecule has 0 unspecified atom stereocenters. The Labute approximate surface area is 172 Å². The molecule has 3 aromatic heterocycles. The van der Waals surface area contributed by atoms with Crippen LogP contribution in [0.1, 0.15) is 0 Å². The number of ether oxygens (including phenoxy) is 1. The van der Waals surface area contributed by atoms with E-state index in [4.69, 9.17) is 10.5 Å². The number of anilines is 1. The SMILES string of the molecule is Nc1ncc(-c2ccncc2)c2scc(-c3ccc(Oc4ccccc4)cc3)c12. The zero-order valence-corrected chi connectivity index (χ0v) is 16.3. The summed E-state index contributed by atoms with van der Waals surface area (Å²) in [5.74, 6) is 2.15. The van der Waals surface area contributed by atoms with Gasteiger partial charge < -0.3 is 10.5 Å². The van der Waals surface area contributed by atoms with Gasteiger partial charge in [0.25, 0.3) is 0 Å². The number of nitrogen functional groups attached to an aromatic ring is 1. The van der Waals surface area contributed by atoms with Gasteiger partial charge in [-0.3, -0.25) is 4.98 Å². The number of rotatable bonds is 4. The number of benzene rings is 2. The van der Waals surface area contributed by atoms with E-state index in [-0.39, 0.29) is 0 Å². The first-order chi connectivity index (χ1) is 14.3. The van der Waals surface area contributed by atoms with Gasteiger partial charge in [0, 0.05) is 39.8 Å². The molecule has 0 saturated heterocycles. The first-order valence-electron chi connectivity index (χ1n) is 9.19. The predicted octanol–water partition coefficient (Wildman–Crippen LogP) is 6.40. The summed E-state index contributed by atoms with van der Waals surface area (Å²) in [7, 11) is 0. The molecule has 5 aromatic rings. The fourth-order valence-electron chi connectivity index (χ4n) is 3.34. The molecule has 4 nitrogen and oxygen atoms in total. The van der Waals surface area contributed by atoms with Crippen molar-refractivity contribution in [1.29, 1.82) is 0 Å². The average molecular weight is 395 g/mol. The maximum atomic E-state index is 6.28. The minimum atomic E-state index is 0.540. The van der Waals surface area contributed by atoms with Crippen LogP contribution in [0.4, 0.5) is 5.82 Å². The van der Waals surface area contributed by atoms with Crippen LogP contribution in [0, 0.1) is 0 Å². The Balaban J connectivity index is 1.54.